The summed E-state index contributed by atoms with van der Waals surface area (Å²) in [5.41, 5.74) is 2.23. The molecule has 0 radical (unpaired) electrons. The summed E-state index contributed by atoms with van der Waals surface area (Å²) in [6, 6.07) is 6.50. The fourth-order valence-electron chi connectivity index (χ4n) is 5.56. The molecule has 0 spiro atoms. The van der Waals surface area contributed by atoms with Gasteiger partial charge in [-0.15, -0.1) is 0 Å². The average Bonchev–Trinajstić information content (AvgIpc) is 3.52. The van der Waals surface area contributed by atoms with Crippen molar-refractivity contribution in [3.63, 3.8) is 0 Å². The summed E-state index contributed by atoms with van der Waals surface area (Å²) < 4.78 is 33.1. The standard InChI is InChI=1S/C27H32N2O9/c1-29(2)6-5-7-35-27(32)28-24-16-11-19-18(37-13-38-19)10-15(16)22(23-17(24)12-36-26(23)31)14-8-20(33-3)25(30)21(9-14)34-4/h8-11,17,22-24,30H,5-7,12-13H2,1-4H3,(H,28,32)/t17-,22+,23+,24+/m0/s1. The van der Waals surface area contributed by atoms with Gasteiger partial charge < -0.3 is 43.7 Å². The highest BCUT2D eigenvalue weighted by molar-refractivity contribution is 5.79. The van der Waals surface area contributed by atoms with E-state index < -0.39 is 24.0 Å². The number of rotatable bonds is 8. The summed E-state index contributed by atoms with van der Waals surface area (Å²) in [7, 11) is 6.80. The molecule has 2 aromatic rings. The molecule has 1 amide bonds. The molecule has 0 unspecified atom stereocenters. The summed E-state index contributed by atoms with van der Waals surface area (Å²) in [4.78, 5) is 28.0. The molecule has 5 rings (SSSR count). The Morgan fingerprint density at radius 3 is 2.34 bits per heavy atom. The molecule has 204 valence electrons. The zero-order valence-corrected chi connectivity index (χ0v) is 21.8. The maximum Gasteiger partial charge on any atom is 0.407 e. The van der Waals surface area contributed by atoms with Gasteiger partial charge in [-0.2, -0.15) is 0 Å². The van der Waals surface area contributed by atoms with Crippen molar-refractivity contribution in [2.75, 3.05) is 54.9 Å². The quantitative estimate of drug-likeness (QED) is 0.390. The summed E-state index contributed by atoms with van der Waals surface area (Å²) >= 11 is 0. The largest absolute Gasteiger partial charge is 0.502 e. The molecule has 2 heterocycles. The van der Waals surface area contributed by atoms with Crippen LogP contribution in [-0.2, 0) is 14.3 Å². The third kappa shape index (κ3) is 4.62. The second-order valence-corrected chi connectivity index (χ2v) is 9.82. The molecule has 2 N–H and O–H groups in total. The smallest absolute Gasteiger partial charge is 0.407 e. The molecule has 1 fully saturated rings. The molecule has 2 aromatic carbocycles. The highest BCUT2D eigenvalue weighted by Crippen LogP contribution is 2.55. The topological polar surface area (TPSA) is 125 Å². The van der Waals surface area contributed by atoms with Crippen LogP contribution < -0.4 is 24.3 Å². The van der Waals surface area contributed by atoms with E-state index in [2.05, 4.69) is 5.32 Å². The van der Waals surface area contributed by atoms with Crippen LogP contribution in [0.3, 0.4) is 0 Å². The molecule has 38 heavy (non-hydrogen) atoms. The summed E-state index contributed by atoms with van der Waals surface area (Å²) in [5, 5.41) is 13.5. The van der Waals surface area contributed by atoms with Crippen molar-refractivity contribution in [3.8, 4) is 28.7 Å². The summed E-state index contributed by atoms with van der Waals surface area (Å²) in [6.07, 6.45) is 0.127. The first-order valence-electron chi connectivity index (χ1n) is 12.4. The van der Waals surface area contributed by atoms with E-state index in [0.717, 1.165) is 17.7 Å². The maximum absolute atomic E-state index is 13.2. The number of phenols is 1. The molecule has 11 heteroatoms. The lowest BCUT2D eigenvalue weighted by molar-refractivity contribution is -0.141. The molecular formula is C27H32N2O9. The second-order valence-electron chi connectivity index (χ2n) is 9.82. The van der Waals surface area contributed by atoms with Crippen LogP contribution in [0.2, 0.25) is 0 Å². The Hall–Kier alpha value is -3.86. The minimum Gasteiger partial charge on any atom is -0.502 e. The SMILES string of the molecule is COc1cc([C@@H]2c3cc4c(cc3[C@@H](NC(=O)OCCCN(C)C)[C@H]3COC(=O)[C@@H]23)OCO4)cc(OC)c1O. The van der Waals surface area contributed by atoms with Crippen molar-refractivity contribution in [2.24, 2.45) is 11.8 Å². The lowest BCUT2D eigenvalue weighted by atomic mass is 9.65. The van der Waals surface area contributed by atoms with Gasteiger partial charge in [0, 0.05) is 18.4 Å². The first kappa shape index (κ1) is 25.8. The van der Waals surface area contributed by atoms with E-state index in [1.165, 1.54) is 14.2 Å². The molecule has 4 atom stereocenters. The number of hydrogen-bond donors (Lipinski definition) is 2. The number of fused-ring (bicyclic) bond motifs is 3. The Labute approximate surface area is 220 Å². The number of phenolic OH excluding ortho intramolecular Hbond substituents is 1. The fourth-order valence-corrected chi connectivity index (χ4v) is 5.56. The predicted octanol–water partition coefficient (Wildman–Crippen LogP) is 2.79. The normalized spacial score (nSPS) is 22.9. The number of nitrogens with zero attached hydrogens (tertiary/aromatic N) is 1. The van der Waals surface area contributed by atoms with E-state index in [4.69, 9.17) is 28.4 Å². The lowest BCUT2D eigenvalue weighted by Gasteiger charge is -2.39. The van der Waals surface area contributed by atoms with Gasteiger partial charge in [-0.3, -0.25) is 4.79 Å². The number of cyclic esters (lactones) is 1. The molecule has 0 aromatic heterocycles. The van der Waals surface area contributed by atoms with Gasteiger partial charge >= 0.3 is 12.1 Å². The first-order chi connectivity index (χ1) is 18.3. The Kier molecular flexibility index (Phi) is 7.11. The molecule has 1 aliphatic carbocycles. The van der Waals surface area contributed by atoms with E-state index in [-0.39, 0.29) is 49.1 Å². The van der Waals surface area contributed by atoms with Crippen LogP contribution in [0, 0.1) is 11.8 Å². The van der Waals surface area contributed by atoms with E-state index in [0.29, 0.717) is 23.5 Å². The molecule has 3 aliphatic rings. The predicted molar refractivity (Wildman–Crippen MR) is 134 cm³/mol. The van der Waals surface area contributed by atoms with Gasteiger partial charge in [0.05, 0.1) is 39.4 Å². The van der Waals surface area contributed by atoms with Crippen LogP contribution in [0.1, 0.15) is 35.1 Å². The number of amides is 1. The van der Waals surface area contributed by atoms with Crippen molar-refractivity contribution in [1.29, 1.82) is 0 Å². The van der Waals surface area contributed by atoms with Crippen LogP contribution >= 0.6 is 0 Å². The van der Waals surface area contributed by atoms with Gasteiger partial charge in [-0.25, -0.2) is 4.79 Å². The molecule has 0 saturated carbocycles. The molecule has 1 saturated heterocycles. The van der Waals surface area contributed by atoms with Crippen LogP contribution in [0.4, 0.5) is 4.79 Å². The number of benzene rings is 2. The lowest BCUT2D eigenvalue weighted by Crippen LogP contribution is -2.43. The maximum atomic E-state index is 13.2. The van der Waals surface area contributed by atoms with Crippen LogP contribution in [-0.4, -0.2) is 76.9 Å². The van der Waals surface area contributed by atoms with Crippen molar-refractivity contribution < 1.29 is 43.1 Å². The third-order valence-corrected chi connectivity index (χ3v) is 7.30. The number of methoxy groups -OCH3 is 2. The van der Waals surface area contributed by atoms with Gasteiger partial charge in [0.2, 0.25) is 12.5 Å². The number of alkyl carbamates (subject to hydrolysis) is 1. The van der Waals surface area contributed by atoms with Crippen LogP contribution in [0.5, 0.6) is 28.7 Å². The highest BCUT2D eigenvalue weighted by atomic mass is 16.7. The average molecular weight is 529 g/mol. The van der Waals surface area contributed by atoms with Crippen molar-refractivity contribution in [1.82, 2.24) is 10.2 Å². The Morgan fingerprint density at radius 2 is 1.71 bits per heavy atom. The van der Waals surface area contributed by atoms with Gasteiger partial charge in [-0.05, 0) is 61.5 Å². The van der Waals surface area contributed by atoms with E-state index >= 15 is 0 Å². The van der Waals surface area contributed by atoms with E-state index in [1.54, 1.807) is 12.1 Å². The van der Waals surface area contributed by atoms with Crippen molar-refractivity contribution in [3.05, 3.63) is 41.0 Å². The number of carbonyl (C=O) groups is 2. The number of carbonyl (C=O) groups excluding carboxylic acids is 2. The zero-order valence-electron chi connectivity index (χ0n) is 21.8. The third-order valence-electron chi connectivity index (χ3n) is 7.30. The Bertz CT molecular complexity index is 1210. The number of esters is 1. The van der Waals surface area contributed by atoms with E-state index in [9.17, 15) is 14.7 Å². The number of nitrogens with one attached hydrogen (secondary N) is 1. The second kappa shape index (κ2) is 10.5. The minimum atomic E-state index is -0.624. The molecule has 11 nitrogen and oxygen atoms in total. The number of hydrogen-bond acceptors (Lipinski definition) is 10. The summed E-state index contributed by atoms with van der Waals surface area (Å²) in [6.45, 7) is 1.26. The van der Waals surface area contributed by atoms with Gasteiger partial charge in [0.15, 0.2) is 23.0 Å². The zero-order chi connectivity index (χ0) is 27.0. The van der Waals surface area contributed by atoms with Crippen LogP contribution in [0.15, 0.2) is 24.3 Å². The fraction of sp³-hybridized carbons (Fsp3) is 0.481. The molecule has 2 aliphatic heterocycles. The van der Waals surface area contributed by atoms with Gasteiger partial charge in [-0.1, -0.05) is 0 Å². The van der Waals surface area contributed by atoms with E-state index in [1.807, 2.05) is 31.1 Å². The van der Waals surface area contributed by atoms with Crippen LogP contribution in [0.25, 0.3) is 0 Å². The van der Waals surface area contributed by atoms with Gasteiger partial charge in [0.1, 0.15) is 0 Å². The Morgan fingerprint density at radius 1 is 1.05 bits per heavy atom. The molecule has 0 bridgehead atoms. The minimum absolute atomic E-state index is 0.0741. The monoisotopic (exact) mass is 528 g/mol. The number of ether oxygens (including phenoxy) is 6. The summed E-state index contributed by atoms with van der Waals surface area (Å²) in [5.74, 6) is -0.474. The first-order valence-corrected chi connectivity index (χ1v) is 12.4. The number of aromatic hydroxyl groups is 1. The highest BCUT2D eigenvalue weighted by Gasteiger charge is 2.53. The van der Waals surface area contributed by atoms with Gasteiger partial charge in [0.25, 0.3) is 0 Å². The molecular weight excluding hydrogens is 496 g/mol. The van der Waals surface area contributed by atoms with Crippen molar-refractivity contribution >= 4 is 12.1 Å². The Balaban J connectivity index is 1.56. The van der Waals surface area contributed by atoms with Crippen molar-refractivity contribution in [2.45, 2.75) is 18.4 Å².